The van der Waals surface area contributed by atoms with Gasteiger partial charge in [0, 0.05) is 15.8 Å². The summed E-state index contributed by atoms with van der Waals surface area (Å²) in [5.41, 5.74) is 0.841. The molecular weight excluding hydrogens is 405 g/mol. The molecule has 27 heavy (non-hydrogen) atoms. The third kappa shape index (κ3) is 3.49. The number of hydrogen-bond donors (Lipinski definition) is 0. The molecule has 0 saturated carbocycles. The van der Waals surface area contributed by atoms with Gasteiger partial charge in [-0.3, -0.25) is 10.1 Å². The van der Waals surface area contributed by atoms with E-state index >= 15 is 0 Å². The van der Waals surface area contributed by atoms with Gasteiger partial charge in [0.25, 0.3) is 5.69 Å². The van der Waals surface area contributed by atoms with Crippen molar-refractivity contribution < 1.29 is 9.66 Å². The molecule has 3 aromatic carbocycles. The average molecular weight is 416 g/mol. The number of nitrogens with zero attached hydrogens (tertiary/aromatic N) is 1. The lowest BCUT2D eigenvalue weighted by Crippen LogP contribution is -1.90. The molecule has 0 amide bonds. The Labute approximate surface area is 168 Å². The van der Waals surface area contributed by atoms with Crippen LogP contribution in [-0.2, 0) is 0 Å². The fraction of sp³-hybridized carbons (Fsp3) is 0. The third-order valence-corrected chi connectivity index (χ3v) is 5.90. The van der Waals surface area contributed by atoms with Crippen LogP contribution in [0, 0.1) is 10.1 Å². The Morgan fingerprint density at radius 3 is 2.33 bits per heavy atom. The molecule has 0 unspecified atom stereocenters. The lowest BCUT2D eigenvalue weighted by atomic mass is 10.1. The number of para-hydroxylation sites is 1. The molecule has 4 nitrogen and oxygen atoms in total. The maximum atomic E-state index is 11.4. The first-order valence-corrected chi connectivity index (χ1v) is 9.49. The quantitative estimate of drug-likeness (QED) is 0.255. The molecule has 1 heterocycles. The third-order valence-electron chi connectivity index (χ3n) is 3.97. The average Bonchev–Trinajstić information content (AvgIpc) is 3.00. The van der Waals surface area contributed by atoms with Crippen molar-refractivity contribution in [3.63, 3.8) is 0 Å². The standard InChI is InChI=1S/C20H11Cl2NO3S/c21-13-8-6-12(7-9-13)20-19(22)18-16(26-15-4-2-1-3-5-15)10-14(23(24)25)11-17(18)27-20/h1-11H. The molecule has 0 saturated heterocycles. The maximum absolute atomic E-state index is 11.4. The lowest BCUT2D eigenvalue weighted by Gasteiger charge is -2.07. The normalized spacial score (nSPS) is 10.9. The van der Waals surface area contributed by atoms with Crippen molar-refractivity contribution in [2.45, 2.75) is 0 Å². The summed E-state index contributed by atoms with van der Waals surface area (Å²) in [7, 11) is 0. The molecule has 0 fully saturated rings. The van der Waals surface area contributed by atoms with Crippen molar-refractivity contribution in [2.75, 3.05) is 0 Å². The first-order valence-electron chi connectivity index (χ1n) is 7.92. The number of non-ortho nitro benzene ring substituents is 1. The van der Waals surface area contributed by atoms with Crippen molar-refractivity contribution in [3.8, 4) is 21.9 Å². The molecule has 1 aromatic heterocycles. The van der Waals surface area contributed by atoms with Crippen molar-refractivity contribution in [3.05, 3.63) is 86.9 Å². The highest BCUT2D eigenvalue weighted by atomic mass is 35.5. The van der Waals surface area contributed by atoms with Crippen LogP contribution in [0.3, 0.4) is 0 Å². The Hall–Kier alpha value is -2.60. The number of nitro benzene ring substituents is 1. The molecule has 4 aromatic rings. The van der Waals surface area contributed by atoms with Crippen LogP contribution < -0.4 is 4.74 Å². The largest absolute Gasteiger partial charge is 0.456 e. The molecule has 0 spiro atoms. The summed E-state index contributed by atoms with van der Waals surface area (Å²) in [5, 5.41) is 13.1. The molecule has 0 aliphatic carbocycles. The van der Waals surface area contributed by atoms with E-state index < -0.39 is 4.92 Å². The summed E-state index contributed by atoms with van der Waals surface area (Å²) in [6.45, 7) is 0. The summed E-state index contributed by atoms with van der Waals surface area (Å²) in [6.07, 6.45) is 0. The van der Waals surface area contributed by atoms with Crippen molar-refractivity contribution in [1.29, 1.82) is 0 Å². The van der Waals surface area contributed by atoms with Crippen molar-refractivity contribution in [2.24, 2.45) is 0 Å². The minimum absolute atomic E-state index is 0.0472. The molecule has 0 radical (unpaired) electrons. The van der Waals surface area contributed by atoms with Crippen molar-refractivity contribution in [1.82, 2.24) is 0 Å². The number of thiophene rings is 1. The minimum Gasteiger partial charge on any atom is -0.456 e. The number of hydrogen-bond acceptors (Lipinski definition) is 4. The van der Waals surface area contributed by atoms with Crippen LogP contribution in [0.2, 0.25) is 10.0 Å². The van der Waals surface area contributed by atoms with Gasteiger partial charge < -0.3 is 4.74 Å². The van der Waals surface area contributed by atoms with Crippen LogP contribution >= 0.6 is 34.5 Å². The van der Waals surface area contributed by atoms with Gasteiger partial charge >= 0.3 is 0 Å². The number of fused-ring (bicyclic) bond motifs is 1. The fourth-order valence-corrected chi connectivity index (χ4v) is 4.48. The van der Waals surface area contributed by atoms with Gasteiger partial charge in [0.2, 0.25) is 0 Å². The van der Waals surface area contributed by atoms with E-state index in [2.05, 4.69) is 0 Å². The van der Waals surface area contributed by atoms with Crippen molar-refractivity contribution >= 4 is 50.3 Å². The van der Waals surface area contributed by atoms with Crippen LogP contribution in [0.25, 0.3) is 20.5 Å². The van der Waals surface area contributed by atoms with Gasteiger partial charge in [-0.05, 0) is 29.8 Å². The summed E-state index contributed by atoms with van der Waals surface area (Å²) in [5.74, 6) is 0.932. The highest BCUT2D eigenvalue weighted by Crippen LogP contribution is 2.48. The second kappa shape index (κ2) is 7.19. The number of nitro groups is 1. The van der Waals surface area contributed by atoms with Crippen LogP contribution in [0.15, 0.2) is 66.7 Å². The molecular formula is C20H11Cl2NO3S. The summed E-state index contributed by atoms with van der Waals surface area (Å²) >= 11 is 14.0. The monoisotopic (exact) mass is 415 g/mol. The van der Waals surface area contributed by atoms with E-state index in [9.17, 15) is 10.1 Å². The zero-order valence-electron chi connectivity index (χ0n) is 13.7. The van der Waals surface area contributed by atoms with Crippen LogP contribution in [-0.4, -0.2) is 4.92 Å². The summed E-state index contributed by atoms with van der Waals surface area (Å²) in [6, 6.07) is 19.3. The topological polar surface area (TPSA) is 52.4 Å². The predicted octanol–water partition coefficient (Wildman–Crippen LogP) is 7.58. The van der Waals surface area contributed by atoms with E-state index in [0.717, 1.165) is 10.4 Å². The number of ether oxygens (including phenoxy) is 1. The Balaban J connectivity index is 1.92. The number of halogens is 2. The van der Waals surface area contributed by atoms with Crippen LogP contribution in [0.4, 0.5) is 5.69 Å². The van der Waals surface area contributed by atoms with Gasteiger partial charge in [0.15, 0.2) is 0 Å². The fourth-order valence-electron chi connectivity index (χ4n) is 2.73. The summed E-state index contributed by atoms with van der Waals surface area (Å²) in [4.78, 5) is 11.7. The second-order valence-corrected chi connectivity index (χ2v) is 7.61. The molecule has 0 N–H and O–H groups in total. The van der Waals surface area contributed by atoms with Gasteiger partial charge in [0.05, 0.1) is 26.3 Å². The zero-order valence-corrected chi connectivity index (χ0v) is 16.0. The lowest BCUT2D eigenvalue weighted by molar-refractivity contribution is -0.384. The molecule has 0 bridgehead atoms. The van der Waals surface area contributed by atoms with Gasteiger partial charge in [-0.1, -0.05) is 53.5 Å². The van der Waals surface area contributed by atoms with Crippen LogP contribution in [0.1, 0.15) is 0 Å². The SMILES string of the molecule is O=[N+]([O-])c1cc(Oc2ccccc2)c2c(Cl)c(-c3ccc(Cl)cc3)sc2c1. The van der Waals surface area contributed by atoms with Gasteiger partial charge in [-0.25, -0.2) is 0 Å². The summed E-state index contributed by atoms with van der Waals surface area (Å²) < 4.78 is 6.61. The van der Waals surface area contributed by atoms with E-state index in [1.807, 2.05) is 30.3 Å². The Morgan fingerprint density at radius 1 is 0.963 bits per heavy atom. The molecule has 0 atom stereocenters. The van der Waals surface area contributed by atoms with E-state index in [1.54, 1.807) is 24.3 Å². The van der Waals surface area contributed by atoms with Gasteiger partial charge in [0.1, 0.15) is 11.5 Å². The Bertz CT molecular complexity index is 1140. The molecule has 7 heteroatoms. The van der Waals surface area contributed by atoms with Gasteiger partial charge in [-0.2, -0.15) is 0 Å². The van der Waals surface area contributed by atoms with Crippen LogP contribution in [0.5, 0.6) is 11.5 Å². The smallest absolute Gasteiger partial charge is 0.274 e. The highest BCUT2D eigenvalue weighted by molar-refractivity contribution is 7.23. The highest BCUT2D eigenvalue weighted by Gasteiger charge is 2.21. The maximum Gasteiger partial charge on any atom is 0.274 e. The molecule has 134 valence electrons. The van der Waals surface area contributed by atoms with E-state index in [-0.39, 0.29) is 5.69 Å². The second-order valence-electron chi connectivity index (χ2n) is 5.74. The minimum atomic E-state index is -0.438. The number of rotatable bonds is 4. The Kier molecular flexibility index (Phi) is 4.74. The zero-order chi connectivity index (χ0) is 19.0. The number of benzene rings is 3. The molecule has 4 rings (SSSR count). The van der Waals surface area contributed by atoms with Gasteiger partial charge in [-0.15, -0.1) is 11.3 Å². The van der Waals surface area contributed by atoms with E-state index in [1.165, 1.54) is 23.5 Å². The molecule has 0 aliphatic rings. The first kappa shape index (κ1) is 17.8. The predicted molar refractivity (Wildman–Crippen MR) is 110 cm³/mol. The van der Waals surface area contributed by atoms with E-state index in [0.29, 0.717) is 31.6 Å². The molecule has 0 aliphatic heterocycles. The first-order chi connectivity index (χ1) is 13.0. The van der Waals surface area contributed by atoms with E-state index in [4.69, 9.17) is 27.9 Å². The Morgan fingerprint density at radius 2 is 1.67 bits per heavy atom.